The molecule has 0 aliphatic heterocycles. The molecular weight excluding hydrogens is 244 g/mol. The molecule has 0 fully saturated rings. The maximum absolute atomic E-state index is 11.2. The Morgan fingerprint density at radius 2 is 1.78 bits per heavy atom. The summed E-state index contributed by atoms with van der Waals surface area (Å²) in [7, 11) is 3.33. The monoisotopic (exact) mass is 268 g/mol. The lowest BCUT2D eigenvalue weighted by Crippen LogP contribution is -2.33. The predicted octanol–water partition coefficient (Wildman–Crippen LogP) is 2.17. The number of nitrogens with zero attached hydrogens (tertiary/aromatic N) is 1. The van der Waals surface area contributed by atoms with Crippen LogP contribution in [-0.4, -0.2) is 36.4 Å². The average Bonchev–Trinajstić information content (AvgIpc) is 2.27. The molecule has 3 unspecified atom stereocenters. The summed E-state index contributed by atoms with van der Waals surface area (Å²) in [6.07, 6.45) is 1.74. The normalized spacial score (nSPS) is 16.1. The van der Waals surface area contributed by atoms with Crippen LogP contribution < -0.4 is 10.2 Å². The summed E-state index contributed by atoms with van der Waals surface area (Å²) in [6.45, 7) is 4.21. The van der Waals surface area contributed by atoms with Crippen LogP contribution >= 0.6 is 0 Å². The van der Waals surface area contributed by atoms with E-state index in [1.807, 2.05) is 14.1 Å². The fourth-order valence-electron chi connectivity index (χ4n) is 1.98. The van der Waals surface area contributed by atoms with E-state index in [0.717, 1.165) is 0 Å². The molecule has 0 aromatic heterocycles. The van der Waals surface area contributed by atoms with Crippen molar-refractivity contribution in [2.75, 3.05) is 31.0 Å². The van der Waals surface area contributed by atoms with E-state index in [1.54, 1.807) is 6.26 Å². The van der Waals surface area contributed by atoms with E-state index in [0.29, 0.717) is 5.75 Å². The third-order valence-corrected chi connectivity index (χ3v) is 3.90. The Morgan fingerprint density at radius 3 is 2.22 bits per heavy atom. The molecular formula is C14H24N2OS. The molecule has 0 bridgehead atoms. The first kappa shape index (κ1) is 15.2. The number of benzene rings is 1. The second kappa shape index (κ2) is 6.90. The maximum Gasteiger partial charge on any atom is 0.0383 e. The molecule has 0 saturated heterocycles. The zero-order valence-electron chi connectivity index (χ0n) is 11.9. The van der Waals surface area contributed by atoms with Gasteiger partial charge in [0.15, 0.2) is 0 Å². The lowest BCUT2D eigenvalue weighted by molar-refractivity contribution is 0.508. The van der Waals surface area contributed by atoms with Crippen LogP contribution in [0.2, 0.25) is 0 Å². The molecule has 1 N–H and O–H groups in total. The highest BCUT2D eigenvalue weighted by Crippen LogP contribution is 2.18. The second-order valence-electron chi connectivity index (χ2n) is 5.02. The summed E-state index contributed by atoms with van der Waals surface area (Å²) < 4.78 is 11.2. The van der Waals surface area contributed by atoms with Crippen molar-refractivity contribution in [2.45, 2.75) is 25.9 Å². The van der Waals surface area contributed by atoms with Crippen molar-refractivity contribution in [3.05, 3.63) is 29.8 Å². The van der Waals surface area contributed by atoms with Gasteiger partial charge >= 0.3 is 0 Å². The van der Waals surface area contributed by atoms with Gasteiger partial charge in [0.25, 0.3) is 0 Å². The van der Waals surface area contributed by atoms with Gasteiger partial charge in [0.2, 0.25) is 0 Å². The van der Waals surface area contributed by atoms with Crippen LogP contribution in [0.3, 0.4) is 0 Å². The quantitative estimate of drug-likeness (QED) is 0.858. The maximum atomic E-state index is 11.2. The van der Waals surface area contributed by atoms with Crippen molar-refractivity contribution in [1.29, 1.82) is 0 Å². The van der Waals surface area contributed by atoms with Gasteiger partial charge in [-0.15, -0.1) is 0 Å². The van der Waals surface area contributed by atoms with Crippen molar-refractivity contribution in [2.24, 2.45) is 0 Å². The van der Waals surface area contributed by atoms with Gasteiger partial charge in [-0.25, -0.2) is 0 Å². The minimum atomic E-state index is -0.747. The highest BCUT2D eigenvalue weighted by atomic mass is 32.2. The third-order valence-electron chi connectivity index (χ3n) is 2.93. The minimum absolute atomic E-state index is 0.263. The Hall–Kier alpha value is -0.870. The second-order valence-corrected chi connectivity index (χ2v) is 6.49. The van der Waals surface area contributed by atoms with Gasteiger partial charge in [-0.2, -0.15) is 0 Å². The minimum Gasteiger partial charge on any atom is -0.378 e. The van der Waals surface area contributed by atoms with Crippen molar-refractivity contribution >= 4 is 16.5 Å². The number of hydrogen-bond donors (Lipinski definition) is 1. The van der Waals surface area contributed by atoms with Crippen LogP contribution in [0.4, 0.5) is 5.69 Å². The van der Waals surface area contributed by atoms with E-state index < -0.39 is 10.8 Å². The van der Waals surface area contributed by atoms with Crippen LogP contribution in [0.15, 0.2) is 24.3 Å². The molecule has 0 saturated carbocycles. The molecule has 0 amide bonds. The van der Waals surface area contributed by atoms with Crippen LogP contribution in [0.5, 0.6) is 0 Å². The number of rotatable bonds is 6. The lowest BCUT2D eigenvalue weighted by atomic mass is 10.1. The van der Waals surface area contributed by atoms with Crippen molar-refractivity contribution in [3.8, 4) is 0 Å². The molecule has 4 heteroatoms. The van der Waals surface area contributed by atoms with Crippen molar-refractivity contribution < 1.29 is 4.21 Å². The summed E-state index contributed by atoms with van der Waals surface area (Å²) >= 11 is 0. The Balaban J connectivity index is 2.61. The van der Waals surface area contributed by atoms with E-state index >= 15 is 0 Å². The molecule has 3 atom stereocenters. The standard InChI is InChI=1S/C14H24N2OS/c1-11(10-18(5)17)15-12(2)13-6-8-14(9-7-13)16(3)4/h6-9,11-12,15H,10H2,1-5H3. The van der Waals surface area contributed by atoms with E-state index in [4.69, 9.17) is 0 Å². The Morgan fingerprint density at radius 1 is 1.22 bits per heavy atom. The summed E-state index contributed by atoms with van der Waals surface area (Å²) in [6, 6.07) is 9.07. The molecule has 1 aromatic carbocycles. The zero-order chi connectivity index (χ0) is 13.7. The van der Waals surface area contributed by atoms with E-state index in [9.17, 15) is 4.21 Å². The Bertz CT molecular complexity index is 389. The van der Waals surface area contributed by atoms with Crippen LogP contribution in [0.25, 0.3) is 0 Å². The largest absolute Gasteiger partial charge is 0.378 e. The zero-order valence-corrected chi connectivity index (χ0v) is 12.8. The van der Waals surface area contributed by atoms with Crippen LogP contribution in [0.1, 0.15) is 25.5 Å². The number of hydrogen-bond acceptors (Lipinski definition) is 3. The first-order valence-corrected chi connectivity index (χ1v) is 7.96. The smallest absolute Gasteiger partial charge is 0.0383 e. The molecule has 18 heavy (non-hydrogen) atoms. The molecule has 1 aromatic rings. The summed E-state index contributed by atoms with van der Waals surface area (Å²) in [5.74, 6) is 0.695. The lowest BCUT2D eigenvalue weighted by Gasteiger charge is -2.20. The molecule has 0 aliphatic carbocycles. The summed E-state index contributed by atoms with van der Waals surface area (Å²) in [5, 5.41) is 3.47. The van der Waals surface area contributed by atoms with Gasteiger partial charge < -0.3 is 10.2 Å². The van der Waals surface area contributed by atoms with Gasteiger partial charge in [0.05, 0.1) is 0 Å². The number of anilines is 1. The van der Waals surface area contributed by atoms with E-state index in [-0.39, 0.29) is 12.1 Å². The highest BCUT2D eigenvalue weighted by Gasteiger charge is 2.10. The van der Waals surface area contributed by atoms with Gasteiger partial charge in [-0.1, -0.05) is 12.1 Å². The fraction of sp³-hybridized carbons (Fsp3) is 0.571. The first-order chi connectivity index (χ1) is 8.40. The fourth-order valence-corrected chi connectivity index (χ4v) is 2.78. The third kappa shape index (κ3) is 4.78. The predicted molar refractivity (Wildman–Crippen MR) is 80.7 cm³/mol. The van der Waals surface area contributed by atoms with Crippen LogP contribution in [0, 0.1) is 0 Å². The van der Waals surface area contributed by atoms with Gasteiger partial charge in [-0.3, -0.25) is 4.21 Å². The van der Waals surface area contributed by atoms with Gasteiger partial charge in [0, 0.05) is 54.7 Å². The molecule has 0 radical (unpaired) electrons. The van der Waals surface area contributed by atoms with Crippen LogP contribution in [-0.2, 0) is 10.8 Å². The van der Waals surface area contributed by atoms with E-state index in [2.05, 4.69) is 48.3 Å². The number of nitrogens with one attached hydrogen (secondary N) is 1. The highest BCUT2D eigenvalue weighted by molar-refractivity contribution is 7.84. The van der Waals surface area contributed by atoms with Crippen molar-refractivity contribution in [1.82, 2.24) is 5.32 Å². The molecule has 3 nitrogen and oxygen atoms in total. The topological polar surface area (TPSA) is 32.3 Å². The molecule has 0 heterocycles. The van der Waals surface area contributed by atoms with Crippen molar-refractivity contribution in [3.63, 3.8) is 0 Å². The molecule has 0 aliphatic rings. The Kier molecular flexibility index (Phi) is 5.82. The van der Waals surface area contributed by atoms with Gasteiger partial charge in [-0.05, 0) is 31.5 Å². The summed E-state index contributed by atoms with van der Waals surface area (Å²) in [4.78, 5) is 2.09. The SMILES string of the molecule is CC(CS(C)=O)NC(C)c1ccc(N(C)C)cc1. The molecule has 1 rings (SSSR count). The first-order valence-electron chi connectivity index (χ1n) is 6.23. The van der Waals surface area contributed by atoms with Gasteiger partial charge in [0.1, 0.15) is 0 Å². The Labute approximate surface area is 113 Å². The average molecular weight is 268 g/mol. The molecule has 102 valence electrons. The summed E-state index contributed by atoms with van der Waals surface area (Å²) in [5.41, 5.74) is 2.46. The molecule has 0 spiro atoms. The van der Waals surface area contributed by atoms with E-state index in [1.165, 1.54) is 11.3 Å².